The lowest BCUT2D eigenvalue weighted by atomic mass is 9.93. The maximum atomic E-state index is 9.65. The molecular weight excluding hydrogens is 140 g/mol. The molecule has 0 aromatic heterocycles. The average molecular weight is 158 g/mol. The third kappa shape index (κ3) is 1.94. The van der Waals surface area contributed by atoms with Gasteiger partial charge in [-0.15, -0.1) is 0 Å². The van der Waals surface area contributed by atoms with Crippen molar-refractivity contribution in [3.8, 4) is 0 Å². The predicted octanol–water partition coefficient (Wildman–Crippen LogP) is 1.17. The minimum absolute atomic E-state index is 0.107. The fourth-order valence-corrected chi connectivity index (χ4v) is 1.45. The Labute approximate surface area is 68.2 Å². The molecular formula is C9H18O2. The molecule has 1 aliphatic carbocycles. The van der Waals surface area contributed by atoms with Crippen molar-refractivity contribution in [2.75, 3.05) is 6.61 Å². The van der Waals surface area contributed by atoms with E-state index in [1.54, 1.807) is 0 Å². The van der Waals surface area contributed by atoms with Crippen LogP contribution < -0.4 is 0 Å². The van der Waals surface area contributed by atoms with Gasteiger partial charge in [0.25, 0.3) is 0 Å². The predicted molar refractivity (Wildman–Crippen MR) is 44.2 cm³/mol. The molecule has 66 valence electrons. The van der Waals surface area contributed by atoms with Crippen LogP contribution in [-0.4, -0.2) is 22.9 Å². The van der Waals surface area contributed by atoms with Gasteiger partial charge in [0, 0.05) is 5.41 Å². The van der Waals surface area contributed by atoms with Crippen molar-refractivity contribution in [3.05, 3.63) is 0 Å². The molecule has 2 heteroatoms. The van der Waals surface area contributed by atoms with E-state index >= 15 is 0 Å². The van der Waals surface area contributed by atoms with E-state index in [1.807, 2.05) is 0 Å². The SMILES string of the molecule is CC(C)C[C@@H](O)C1(CO)CC1. The number of hydrogen-bond donors (Lipinski definition) is 2. The van der Waals surface area contributed by atoms with Gasteiger partial charge in [0.2, 0.25) is 0 Å². The minimum atomic E-state index is -0.285. The molecule has 0 aromatic rings. The summed E-state index contributed by atoms with van der Waals surface area (Å²) >= 11 is 0. The van der Waals surface area contributed by atoms with Crippen LogP contribution in [0.4, 0.5) is 0 Å². The Kier molecular flexibility index (Phi) is 2.55. The Hall–Kier alpha value is -0.0800. The largest absolute Gasteiger partial charge is 0.396 e. The van der Waals surface area contributed by atoms with E-state index in [0.717, 1.165) is 19.3 Å². The second-order valence-electron chi connectivity index (χ2n) is 4.17. The van der Waals surface area contributed by atoms with E-state index in [4.69, 9.17) is 5.11 Å². The summed E-state index contributed by atoms with van der Waals surface area (Å²) in [6.07, 6.45) is 2.53. The fraction of sp³-hybridized carbons (Fsp3) is 1.00. The summed E-state index contributed by atoms with van der Waals surface area (Å²) in [4.78, 5) is 0. The van der Waals surface area contributed by atoms with E-state index in [0.29, 0.717) is 5.92 Å². The number of rotatable bonds is 4. The molecule has 1 atom stereocenters. The Bertz CT molecular complexity index is 128. The van der Waals surface area contributed by atoms with Crippen molar-refractivity contribution in [1.82, 2.24) is 0 Å². The number of aliphatic hydroxyl groups excluding tert-OH is 2. The van der Waals surface area contributed by atoms with Gasteiger partial charge in [0.1, 0.15) is 0 Å². The molecule has 1 aliphatic rings. The smallest absolute Gasteiger partial charge is 0.0620 e. The van der Waals surface area contributed by atoms with Gasteiger partial charge < -0.3 is 10.2 Å². The first-order chi connectivity index (χ1) is 5.10. The van der Waals surface area contributed by atoms with Crippen LogP contribution in [0.5, 0.6) is 0 Å². The minimum Gasteiger partial charge on any atom is -0.396 e. The first-order valence-corrected chi connectivity index (χ1v) is 4.39. The third-order valence-electron chi connectivity index (χ3n) is 2.61. The van der Waals surface area contributed by atoms with Crippen LogP contribution in [0.1, 0.15) is 33.1 Å². The molecule has 1 rings (SSSR count). The Morgan fingerprint density at radius 1 is 1.36 bits per heavy atom. The van der Waals surface area contributed by atoms with Gasteiger partial charge in [-0.05, 0) is 25.2 Å². The lowest BCUT2D eigenvalue weighted by Crippen LogP contribution is -2.26. The number of aliphatic hydroxyl groups is 2. The molecule has 2 nitrogen and oxygen atoms in total. The second-order valence-corrected chi connectivity index (χ2v) is 4.17. The molecule has 0 unspecified atom stereocenters. The van der Waals surface area contributed by atoms with E-state index in [2.05, 4.69) is 13.8 Å². The van der Waals surface area contributed by atoms with Crippen LogP contribution in [0.3, 0.4) is 0 Å². The summed E-state index contributed by atoms with van der Waals surface area (Å²) in [5, 5.41) is 18.6. The molecule has 0 aliphatic heterocycles. The molecule has 2 N–H and O–H groups in total. The van der Waals surface area contributed by atoms with Crippen LogP contribution in [0.25, 0.3) is 0 Å². The van der Waals surface area contributed by atoms with Gasteiger partial charge in [-0.3, -0.25) is 0 Å². The highest BCUT2D eigenvalue weighted by Gasteiger charge is 2.48. The maximum Gasteiger partial charge on any atom is 0.0620 e. The zero-order valence-corrected chi connectivity index (χ0v) is 7.38. The van der Waals surface area contributed by atoms with Gasteiger partial charge in [-0.25, -0.2) is 0 Å². The summed E-state index contributed by atoms with van der Waals surface area (Å²) < 4.78 is 0. The highest BCUT2D eigenvalue weighted by molar-refractivity contribution is 4.98. The van der Waals surface area contributed by atoms with Crippen molar-refractivity contribution in [1.29, 1.82) is 0 Å². The first kappa shape index (κ1) is 9.01. The third-order valence-corrected chi connectivity index (χ3v) is 2.61. The van der Waals surface area contributed by atoms with Gasteiger partial charge in [-0.2, -0.15) is 0 Å². The Morgan fingerprint density at radius 2 is 1.91 bits per heavy atom. The quantitative estimate of drug-likeness (QED) is 0.644. The van der Waals surface area contributed by atoms with Gasteiger partial charge in [0.05, 0.1) is 12.7 Å². The van der Waals surface area contributed by atoms with E-state index in [1.165, 1.54) is 0 Å². The molecule has 11 heavy (non-hydrogen) atoms. The lowest BCUT2D eigenvalue weighted by Gasteiger charge is -2.21. The first-order valence-electron chi connectivity index (χ1n) is 4.39. The highest BCUT2D eigenvalue weighted by atomic mass is 16.3. The summed E-state index contributed by atoms with van der Waals surface area (Å²) in [7, 11) is 0. The summed E-state index contributed by atoms with van der Waals surface area (Å²) in [5.41, 5.74) is -0.107. The van der Waals surface area contributed by atoms with E-state index < -0.39 is 0 Å². The van der Waals surface area contributed by atoms with E-state index in [9.17, 15) is 5.11 Å². The van der Waals surface area contributed by atoms with Crippen LogP contribution in [0.2, 0.25) is 0 Å². The molecule has 0 aromatic carbocycles. The standard InChI is InChI=1S/C9H18O2/c1-7(2)5-8(11)9(6-10)3-4-9/h7-8,10-11H,3-6H2,1-2H3/t8-/m1/s1. The lowest BCUT2D eigenvalue weighted by molar-refractivity contribution is 0.0362. The van der Waals surface area contributed by atoms with Crippen molar-refractivity contribution in [3.63, 3.8) is 0 Å². The summed E-state index contributed by atoms with van der Waals surface area (Å²) in [5.74, 6) is 0.522. The summed E-state index contributed by atoms with van der Waals surface area (Å²) in [6.45, 7) is 4.34. The Balaban J connectivity index is 2.34. The highest BCUT2D eigenvalue weighted by Crippen LogP contribution is 2.49. The van der Waals surface area contributed by atoms with Crippen LogP contribution in [-0.2, 0) is 0 Å². The van der Waals surface area contributed by atoms with Gasteiger partial charge in [0.15, 0.2) is 0 Å². The molecule has 0 heterocycles. The normalized spacial score (nSPS) is 23.7. The van der Waals surface area contributed by atoms with E-state index in [-0.39, 0.29) is 18.1 Å². The summed E-state index contributed by atoms with van der Waals surface area (Å²) in [6, 6.07) is 0. The van der Waals surface area contributed by atoms with Gasteiger partial charge in [-0.1, -0.05) is 13.8 Å². The molecule has 0 spiro atoms. The fourth-order valence-electron chi connectivity index (χ4n) is 1.45. The monoisotopic (exact) mass is 158 g/mol. The maximum absolute atomic E-state index is 9.65. The molecule has 0 saturated heterocycles. The number of hydrogen-bond acceptors (Lipinski definition) is 2. The van der Waals surface area contributed by atoms with Crippen LogP contribution >= 0.6 is 0 Å². The average Bonchev–Trinajstić information content (AvgIpc) is 2.65. The van der Waals surface area contributed by atoms with Crippen LogP contribution in [0, 0.1) is 11.3 Å². The topological polar surface area (TPSA) is 40.5 Å². The zero-order chi connectivity index (χ0) is 8.48. The van der Waals surface area contributed by atoms with Gasteiger partial charge >= 0.3 is 0 Å². The molecule has 0 bridgehead atoms. The van der Waals surface area contributed by atoms with Crippen molar-refractivity contribution in [2.24, 2.45) is 11.3 Å². The molecule has 1 saturated carbocycles. The van der Waals surface area contributed by atoms with Crippen molar-refractivity contribution >= 4 is 0 Å². The molecule has 1 fully saturated rings. The van der Waals surface area contributed by atoms with Crippen molar-refractivity contribution in [2.45, 2.75) is 39.2 Å². The zero-order valence-electron chi connectivity index (χ0n) is 7.38. The molecule has 0 amide bonds. The van der Waals surface area contributed by atoms with Crippen molar-refractivity contribution < 1.29 is 10.2 Å². The molecule has 0 radical (unpaired) electrons. The second kappa shape index (κ2) is 3.11. The Morgan fingerprint density at radius 3 is 2.18 bits per heavy atom. The van der Waals surface area contributed by atoms with Crippen LogP contribution in [0.15, 0.2) is 0 Å².